The van der Waals surface area contributed by atoms with Crippen LogP contribution in [0.4, 0.5) is 0 Å². The molecule has 2 heteroatoms. The molecule has 0 radical (unpaired) electrons. The molecule has 0 aromatic carbocycles. The van der Waals surface area contributed by atoms with Crippen LogP contribution in [-0.2, 0) is 0 Å². The Labute approximate surface area is 63.0 Å². The minimum absolute atomic E-state index is 0.332. The summed E-state index contributed by atoms with van der Waals surface area (Å²) in [5.74, 6) is 1.23. The molecule has 2 nitrogen and oxygen atoms in total. The van der Waals surface area contributed by atoms with Gasteiger partial charge in [-0.2, -0.15) is 0 Å². The second-order valence-electron chi connectivity index (χ2n) is 3.76. The standard InChI is InChI=1S/C8H18N2/c1-5-3-7(9)6(2)8(10)4-5/h5-8H,3-4,9-10H2,1-2H3. The van der Waals surface area contributed by atoms with Crippen molar-refractivity contribution < 1.29 is 0 Å². The van der Waals surface area contributed by atoms with Crippen LogP contribution < -0.4 is 11.5 Å². The second kappa shape index (κ2) is 2.89. The molecule has 0 aromatic heterocycles. The minimum atomic E-state index is 0.332. The third-order valence-corrected chi connectivity index (χ3v) is 2.70. The van der Waals surface area contributed by atoms with E-state index in [1.165, 1.54) is 0 Å². The largest absolute Gasteiger partial charge is 0.327 e. The Morgan fingerprint density at radius 2 is 1.40 bits per heavy atom. The van der Waals surface area contributed by atoms with Crippen molar-refractivity contribution in [2.45, 2.75) is 38.8 Å². The van der Waals surface area contributed by atoms with Crippen LogP contribution >= 0.6 is 0 Å². The molecular weight excluding hydrogens is 124 g/mol. The monoisotopic (exact) mass is 142 g/mol. The van der Waals surface area contributed by atoms with Crippen LogP contribution in [0.2, 0.25) is 0 Å². The molecular formula is C8H18N2. The first-order valence-corrected chi connectivity index (χ1v) is 4.12. The van der Waals surface area contributed by atoms with E-state index in [1.54, 1.807) is 0 Å². The normalized spacial score (nSPS) is 49.2. The molecule has 0 amide bonds. The van der Waals surface area contributed by atoms with E-state index >= 15 is 0 Å². The maximum Gasteiger partial charge on any atom is 0.00818 e. The van der Waals surface area contributed by atoms with Crippen LogP contribution in [0.3, 0.4) is 0 Å². The average Bonchev–Trinajstić information content (AvgIpc) is 1.82. The van der Waals surface area contributed by atoms with Gasteiger partial charge in [0.05, 0.1) is 0 Å². The highest BCUT2D eigenvalue weighted by Gasteiger charge is 2.28. The van der Waals surface area contributed by atoms with Gasteiger partial charge in [-0.1, -0.05) is 13.8 Å². The number of rotatable bonds is 0. The minimum Gasteiger partial charge on any atom is -0.327 e. The van der Waals surface area contributed by atoms with Crippen molar-refractivity contribution in [2.24, 2.45) is 23.3 Å². The summed E-state index contributed by atoms with van der Waals surface area (Å²) < 4.78 is 0. The van der Waals surface area contributed by atoms with E-state index in [1.807, 2.05) is 0 Å². The van der Waals surface area contributed by atoms with Crippen molar-refractivity contribution in [3.63, 3.8) is 0 Å². The molecule has 1 aliphatic rings. The van der Waals surface area contributed by atoms with E-state index in [-0.39, 0.29) is 0 Å². The lowest BCUT2D eigenvalue weighted by molar-refractivity contribution is 0.230. The van der Waals surface area contributed by atoms with Gasteiger partial charge in [-0.15, -0.1) is 0 Å². The lowest BCUT2D eigenvalue weighted by Crippen LogP contribution is -2.46. The zero-order chi connectivity index (χ0) is 7.72. The number of nitrogens with two attached hydrogens (primary N) is 2. The second-order valence-corrected chi connectivity index (χ2v) is 3.76. The summed E-state index contributed by atoms with van der Waals surface area (Å²) in [6.45, 7) is 4.38. The van der Waals surface area contributed by atoms with Crippen molar-refractivity contribution in [3.05, 3.63) is 0 Å². The third-order valence-electron chi connectivity index (χ3n) is 2.70. The molecule has 4 N–H and O–H groups in total. The van der Waals surface area contributed by atoms with E-state index in [4.69, 9.17) is 11.5 Å². The molecule has 2 atom stereocenters. The third kappa shape index (κ3) is 1.50. The van der Waals surface area contributed by atoms with Crippen LogP contribution in [-0.4, -0.2) is 12.1 Å². The Balaban J connectivity index is 2.49. The fourth-order valence-corrected chi connectivity index (χ4v) is 1.77. The van der Waals surface area contributed by atoms with E-state index in [9.17, 15) is 0 Å². The van der Waals surface area contributed by atoms with Crippen molar-refractivity contribution in [1.82, 2.24) is 0 Å². The van der Waals surface area contributed by atoms with Crippen LogP contribution in [0.1, 0.15) is 26.7 Å². The summed E-state index contributed by atoms with van der Waals surface area (Å²) in [5, 5.41) is 0. The van der Waals surface area contributed by atoms with Crippen molar-refractivity contribution >= 4 is 0 Å². The van der Waals surface area contributed by atoms with Gasteiger partial charge in [0.1, 0.15) is 0 Å². The van der Waals surface area contributed by atoms with Gasteiger partial charge in [0.15, 0.2) is 0 Å². The average molecular weight is 142 g/mol. The van der Waals surface area contributed by atoms with E-state index in [0.29, 0.717) is 18.0 Å². The molecule has 1 saturated carbocycles. The Morgan fingerprint density at radius 1 is 1.00 bits per heavy atom. The smallest absolute Gasteiger partial charge is 0.00818 e. The molecule has 1 aliphatic carbocycles. The van der Waals surface area contributed by atoms with Gasteiger partial charge in [0.25, 0.3) is 0 Å². The van der Waals surface area contributed by atoms with Crippen molar-refractivity contribution in [3.8, 4) is 0 Å². The summed E-state index contributed by atoms with van der Waals surface area (Å²) in [4.78, 5) is 0. The molecule has 1 fully saturated rings. The van der Waals surface area contributed by atoms with Gasteiger partial charge in [-0.05, 0) is 24.7 Å². The summed E-state index contributed by atoms with van der Waals surface area (Å²) in [6.07, 6.45) is 2.30. The van der Waals surface area contributed by atoms with Crippen LogP contribution in [0.25, 0.3) is 0 Å². The highest BCUT2D eigenvalue weighted by molar-refractivity contribution is 4.86. The first-order valence-electron chi connectivity index (χ1n) is 4.12. The Kier molecular flexibility index (Phi) is 2.32. The van der Waals surface area contributed by atoms with Crippen molar-refractivity contribution in [1.29, 1.82) is 0 Å². The van der Waals surface area contributed by atoms with Gasteiger partial charge in [-0.3, -0.25) is 0 Å². The highest BCUT2D eigenvalue weighted by atomic mass is 14.7. The quantitative estimate of drug-likeness (QED) is 0.523. The van der Waals surface area contributed by atoms with E-state index in [2.05, 4.69) is 13.8 Å². The first-order chi connectivity index (χ1) is 4.61. The molecule has 60 valence electrons. The summed E-state index contributed by atoms with van der Waals surface area (Å²) in [5.41, 5.74) is 11.8. The number of hydrogen-bond donors (Lipinski definition) is 2. The van der Waals surface area contributed by atoms with E-state index < -0.39 is 0 Å². The van der Waals surface area contributed by atoms with Gasteiger partial charge >= 0.3 is 0 Å². The van der Waals surface area contributed by atoms with E-state index in [0.717, 1.165) is 18.8 Å². The lowest BCUT2D eigenvalue weighted by Gasteiger charge is -2.35. The van der Waals surface area contributed by atoms with Gasteiger partial charge in [0.2, 0.25) is 0 Å². The molecule has 0 spiro atoms. The highest BCUT2D eigenvalue weighted by Crippen LogP contribution is 2.25. The molecule has 10 heavy (non-hydrogen) atoms. The predicted octanol–water partition coefficient (Wildman–Crippen LogP) is 0.707. The van der Waals surface area contributed by atoms with Crippen LogP contribution in [0, 0.1) is 11.8 Å². The number of hydrogen-bond acceptors (Lipinski definition) is 2. The van der Waals surface area contributed by atoms with Crippen LogP contribution in [0.15, 0.2) is 0 Å². The Hall–Kier alpha value is -0.0800. The molecule has 0 aliphatic heterocycles. The topological polar surface area (TPSA) is 52.0 Å². The summed E-state index contributed by atoms with van der Waals surface area (Å²) in [7, 11) is 0. The summed E-state index contributed by atoms with van der Waals surface area (Å²) in [6, 6.07) is 0.664. The van der Waals surface area contributed by atoms with Gasteiger partial charge < -0.3 is 11.5 Å². The maximum atomic E-state index is 5.88. The zero-order valence-corrected chi connectivity index (χ0v) is 6.88. The van der Waals surface area contributed by atoms with Gasteiger partial charge in [-0.25, -0.2) is 0 Å². The van der Waals surface area contributed by atoms with Crippen molar-refractivity contribution in [2.75, 3.05) is 0 Å². The Bertz CT molecular complexity index is 102. The van der Waals surface area contributed by atoms with Crippen LogP contribution in [0.5, 0.6) is 0 Å². The maximum absolute atomic E-state index is 5.88. The molecule has 2 unspecified atom stereocenters. The fraction of sp³-hybridized carbons (Fsp3) is 1.00. The first kappa shape index (κ1) is 8.02. The molecule has 1 rings (SSSR count). The molecule has 0 aromatic rings. The SMILES string of the molecule is CC1CC(N)C(C)C(N)C1. The fourth-order valence-electron chi connectivity index (χ4n) is 1.77. The predicted molar refractivity (Wildman–Crippen MR) is 43.5 cm³/mol. The Morgan fingerprint density at radius 3 is 1.80 bits per heavy atom. The molecule has 0 heterocycles. The summed E-state index contributed by atoms with van der Waals surface area (Å²) >= 11 is 0. The zero-order valence-electron chi connectivity index (χ0n) is 6.88. The lowest BCUT2D eigenvalue weighted by atomic mass is 9.77. The molecule has 0 saturated heterocycles. The van der Waals surface area contributed by atoms with Gasteiger partial charge in [0, 0.05) is 12.1 Å². The molecule has 0 bridgehead atoms.